The molecule has 0 aliphatic carbocycles. The lowest BCUT2D eigenvalue weighted by Crippen LogP contribution is -2.38. The smallest absolute Gasteiger partial charge is 0.266 e. The molecule has 2 saturated heterocycles. The monoisotopic (exact) mass is 439 g/mol. The molecule has 0 radical (unpaired) electrons. The Hall–Kier alpha value is -1.26. The third-order valence-electron chi connectivity index (χ3n) is 4.55. The molecule has 0 unspecified atom stereocenters. The molecule has 28 heavy (non-hydrogen) atoms. The quantitative estimate of drug-likeness (QED) is 0.363. The van der Waals surface area contributed by atoms with E-state index in [9.17, 15) is 9.59 Å². The first-order chi connectivity index (χ1) is 13.6. The second-order valence-electron chi connectivity index (χ2n) is 6.61. The standard InChI is InChI=1S/C19H25N3O3S3/c23-17(20-6-3-7-21-9-11-25-12-10-21)5-1-8-22-18(24)16(28-19(22)26)14-15-4-2-13-27-15/h2,4,13-14H,1,3,5-12H2,(H,20,23). The van der Waals surface area contributed by atoms with Crippen molar-refractivity contribution in [1.82, 2.24) is 15.1 Å². The molecular formula is C19H25N3O3S3. The van der Waals surface area contributed by atoms with Crippen LogP contribution in [0.5, 0.6) is 0 Å². The molecule has 9 heteroatoms. The maximum Gasteiger partial charge on any atom is 0.266 e. The fraction of sp³-hybridized carbons (Fsp3) is 0.526. The molecule has 2 aliphatic rings. The number of thiophene rings is 1. The van der Waals surface area contributed by atoms with E-state index in [2.05, 4.69) is 10.2 Å². The van der Waals surface area contributed by atoms with Gasteiger partial charge in [-0.2, -0.15) is 0 Å². The second kappa shape index (κ2) is 11.1. The Balaban J connectivity index is 1.32. The van der Waals surface area contributed by atoms with Gasteiger partial charge in [0, 0.05) is 37.5 Å². The minimum Gasteiger partial charge on any atom is -0.379 e. The molecule has 6 nitrogen and oxygen atoms in total. The highest BCUT2D eigenvalue weighted by molar-refractivity contribution is 8.26. The van der Waals surface area contributed by atoms with Gasteiger partial charge in [-0.3, -0.25) is 19.4 Å². The van der Waals surface area contributed by atoms with E-state index in [1.165, 1.54) is 11.8 Å². The molecule has 1 aromatic heterocycles. The lowest BCUT2D eigenvalue weighted by atomic mass is 10.2. The SMILES string of the molecule is O=C(CCCN1C(=O)C(=Cc2cccs2)SC1=S)NCCCN1CCOCC1. The Morgan fingerprint density at radius 1 is 1.29 bits per heavy atom. The van der Waals surface area contributed by atoms with Crippen LogP contribution in [0, 0.1) is 0 Å². The van der Waals surface area contributed by atoms with Gasteiger partial charge in [0.15, 0.2) is 0 Å². The number of rotatable bonds is 9. The molecule has 1 aromatic rings. The van der Waals surface area contributed by atoms with Crippen molar-refractivity contribution in [1.29, 1.82) is 0 Å². The molecule has 0 spiro atoms. The Labute approximate surface area is 179 Å². The number of amides is 2. The van der Waals surface area contributed by atoms with Crippen LogP contribution in [0.3, 0.4) is 0 Å². The number of ether oxygens (including phenoxy) is 1. The maximum atomic E-state index is 12.5. The summed E-state index contributed by atoms with van der Waals surface area (Å²) in [5, 5.41) is 4.94. The Morgan fingerprint density at radius 3 is 2.86 bits per heavy atom. The highest BCUT2D eigenvalue weighted by Crippen LogP contribution is 2.33. The number of thioether (sulfide) groups is 1. The van der Waals surface area contributed by atoms with E-state index in [4.69, 9.17) is 17.0 Å². The van der Waals surface area contributed by atoms with Crippen LogP contribution in [0.15, 0.2) is 22.4 Å². The molecule has 0 aromatic carbocycles. The summed E-state index contributed by atoms with van der Waals surface area (Å²) < 4.78 is 5.89. The second-order valence-corrected chi connectivity index (χ2v) is 9.26. The molecular weight excluding hydrogens is 414 g/mol. The molecule has 0 bridgehead atoms. The number of carbonyl (C=O) groups is 2. The molecule has 2 fully saturated rings. The van der Waals surface area contributed by atoms with Crippen LogP contribution in [0.1, 0.15) is 24.1 Å². The predicted molar refractivity (Wildman–Crippen MR) is 118 cm³/mol. The molecule has 2 amide bonds. The Kier molecular flexibility index (Phi) is 8.47. The molecule has 0 saturated carbocycles. The van der Waals surface area contributed by atoms with Crippen molar-refractivity contribution in [2.24, 2.45) is 0 Å². The normalized spacial score (nSPS) is 19.6. The van der Waals surface area contributed by atoms with Gasteiger partial charge in [0.05, 0.1) is 18.1 Å². The molecule has 1 N–H and O–H groups in total. The first-order valence-electron chi connectivity index (χ1n) is 9.49. The summed E-state index contributed by atoms with van der Waals surface area (Å²) in [6.45, 7) is 5.68. The predicted octanol–water partition coefficient (Wildman–Crippen LogP) is 2.57. The summed E-state index contributed by atoms with van der Waals surface area (Å²) in [5.74, 6) is -0.0316. The number of morpholine rings is 1. The van der Waals surface area contributed by atoms with Crippen molar-refractivity contribution in [3.8, 4) is 0 Å². The van der Waals surface area contributed by atoms with Crippen LogP contribution in [0.2, 0.25) is 0 Å². The van der Waals surface area contributed by atoms with Crippen molar-refractivity contribution >= 4 is 57.5 Å². The number of hydrogen-bond acceptors (Lipinski definition) is 7. The van der Waals surface area contributed by atoms with Gasteiger partial charge in [-0.15, -0.1) is 11.3 Å². The molecule has 0 atom stereocenters. The summed E-state index contributed by atoms with van der Waals surface area (Å²) in [6, 6.07) is 3.93. The fourth-order valence-electron chi connectivity index (χ4n) is 3.04. The van der Waals surface area contributed by atoms with Crippen molar-refractivity contribution in [2.75, 3.05) is 45.9 Å². The van der Waals surface area contributed by atoms with E-state index in [0.29, 0.717) is 35.2 Å². The minimum absolute atomic E-state index is 0.0292. The topological polar surface area (TPSA) is 61.9 Å². The van der Waals surface area contributed by atoms with Crippen LogP contribution in [0.4, 0.5) is 0 Å². The van der Waals surface area contributed by atoms with E-state index in [-0.39, 0.29) is 11.8 Å². The maximum absolute atomic E-state index is 12.5. The van der Waals surface area contributed by atoms with Gasteiger partial charge in [-0.1, -0.05) is 30.0 Å². The van der Waals surface area contributed by atoms with E-state index in [1.807, 2.05) is 23.6 Å². The van der Waals surface area contributed by atoms with Gasteiger partial charge >= 0.3 is 0 Å². The third-order valence-corrected chi connectivity index (χ3v) is 6.75. The van der Waals surface area contributed by atoms with Gasteiger partial charge in [-0.25, -0.2) is 0 Å². The molecule has 3 rings (SSSR count). The van der Waals surface area contributed by atoms with Crippen LogP contribution < -0.4 is 5.32 Å². The zero-order valence-corrected chi connectivity index (χ0v) is 18.2. The lowest BCUT2D eigenvalue weighted by molar-refractivity contribution is -0.124. The first-order valence-corrected chi connectivity index (χ1v) is 11.6. The van der Waals surface area contributed by atoms with Crippen LogP contribution in [-0.2, 0) is 14.3 Å². The summed E-state index contributed by atoms with van der Waals surface area (Å²) >= 11 is 8.25. The number of carbonyl (C=O) groups excluding carboxylic acids is 2. The molecule has 152 valence electrons. The first kappa shape index (κ1) is 21.4. The number of nitrogens with zero attached hydrogens (tertiary/aromatic N) is 2. The zero-order chi connectivity index (χ0) is 19.8. The number of thiocarbonyl (C=S) groups is 1. The number of hydrogen-bond donors (Lipinski definition) is 1. The van der Waals surface area contributed by atoms with Crippen molar-refractivity contribution in [2.45, 2.75) is 19.3 Å². The molecule has 2 aliphatic heterocycles. The van der Waals surface area contributed by atoms with E-state index < -0.39 is 0 Å². The van der Waals surface area contributed by atoms with Crippen LogP contribution in [0.25, 0.3) is 6.08 Å². The van der Waals surface area contributed by atoms with Crippen molar-refractivity contribution in [3.63, 3.8) is 0 Å². The Morgan fingerprint density at radius 2 is 2.11 bits per heavy atom. The minimum atomic E-state index is -0.0608. The van der Waals surface area contributed by atoms with Crippen molar-refractivity contribution in [3.05, 3.63) is 27.3 Å². The lowest BCUT2D eigenvalue weighted by Gasteiger charge is -2.26. The molecule has 3 heterocycles. The largest absolute Gasteiger partial charge is 0.379 e. The van der Waals surface area contributed by atoms with E-state index in [1.54, 1.807) is 16.2 Å². The average molecular weight is 440 g/mol. The van der Waals surface area contributed by atoms with E-state index in [0.717, 1.165) is 44.1 Å². The van der Waals surface area contributed by atoms with Gasteiger partial charge in [0.25, 0.3) is 5.91 Å². The Bertz CT molecular complexity index is 715. The van der Waals surface area contributed by atoms with Gasteiger partial charge in [-0.05, 0) is 36.9 Å². The summed E-state index contributed by atoms with van der Waals surface area (Å²) in [5.41, 5.74) is 0. The van der Waals surface area contributed by atoms with Gasteiger partial charge in [0.2, 0.25) is 5.91 Å². The van der Waals surface area contributed by atoms with Crippen molar-refractivity contribution < 1.29 is 14.3 Å². The summed E-state index contributed by atoms with van der Waals surface area (Å²) in [7, 11) is 0. The third kappa shape index (κ3) is 6.38. The fourth-order valence-corrected chi connectivity index (χ4v) is 5.07. The van der Waals surface area contributed by atoms with Gasteiger partial charge < -0.3 is 10.1 Å². The van der Waals surface area contributed by atoms with Gasteiger partial charge in [0.1, 0.15) is 4.32 Å². The van der Waals surface area contributed by atoms with Crippen LogP contribution >= 0.6 is 35.3 Å². The highest BCUT2D eigenvalue weighted by Gasteiger charge is 2.31. The summed E-state index contributed by atoms with van der Waals surface area (Å²) in [6.07, 6.45) is 3.83. The summed E-state index contributed by atoms with van der Waals surface area (Å²) in [4.78, 5) is 30.2. The van der Waals surface area contributed by atoms with E-state index >= 15 is 0 Å². The zero-order valence-electron chi connectivity index (χ0n) is 15.7. The van der Waals surface area contributed by atoms with Crippen LogP contribution in [-0.4, -0.2) is 71.9 Å². The average Bonchev–Trinajstić information content (AvgIpc) is 3.30. The highest BCUT2D eigenvalue weighted by atomic mass is 32.2. The number of nitrogens with one attached hydrogen (secondary N) is 1.